The number of aromatic nitrogens is 2. The molecule has 2 saturated heterocycles. The van der Waals surface area contributed by atoms with Gasteiger partial charge in [0.15, 0.2) is 5.82 Å². The van der Waals surface area contributed by atoms with Gasteiger partial charge in [0.05, 0.1) is 12.6 Å². The molecule has 1 N–H and O–H groups in total. The molecule has 0 radical (unpaired) electrons. The highest BCUT2D eigenvalue weighted by Crippen LogP contribution is 2.31. The smallest absolute Gasteiger partial charge is 0.253 e. The molecule has 3 heterocycles. The molecule has 1 aromatic heterocycles. The van der Waals surface area contributed by atoms with Crippen LogP contribution in [0.2, 0.25) is 0 Å². The van der Waals surface area contributed by atoms with Crippen LogP contribution in [-0.2, 0) is 9.53 Å². The minimum Gasteiger partial charge on any atom is -0.366 e. The third-order valence-corrected chi connectivity index (χ3v) is 3.99. The molecule has 0 aromatic carbocycles. The van der Waals surface area contributed by atoms with Gasteiger partial charge < -0.3 is 19.5 Å². The first kappa shape index (κ1) is 14.5. The van der Waals surface area contributed by atoms with E-state index in [-0.39, 0.29) is 17.9 Å². The fourth-order valence-electron chi connectivity index (χ4n) is 2.83. The van der Waals surface area contributed by atoms with E-state index >= 15 is 0 Å². The van der Waals surface area contributed by atoms with Crippen molar-refractivity contribution in [3.8, 4) is 0 Å². The normalized spacial score (nSPS) is 26.5. The fraction of sp³-hybridized carbons (Fsp3) is 0.786. The highest BCUT2D eigenvalue weighted by molar-refractivity contribution is 5.82. The summed E-state index contributed by atoms with van der Waals surface area (Å²) in [7, 11) is 0. The lowest BCUT2D eigenvalue weighted by Crippen LogP contribution is -2.49. The summed E-state index contributed by atoms with van der Waals surface area (Å²) in [4.78, 5) is 18.9. The monoisotopic (exact) mass is 294 g/mol. The van der Waals surface area contributed by atoms with Gasteiger partial charge in [-0.1, -0.05) is 19.0 Å². The third-order valence-electron chi connectivity index (χ3n) is 3.99. The van der Waals surface area contributed by atoms with Crippen molar-refractivity contribution in [2.24, 2.45) is 0 Å². The Hall–Kier alpha value is -1.47. The maximum atomic E-state index is 12.6. The Kier molecular flexibility index (Phi) is 4.21. The van der Waals surface area contributed by atoms with Crippen LogP contribution in [0.5, 0.6) is 0 Å². The number of carbonyl (C=O) groups excluding carboxylic acids is 1. The molecule has 7 nitrogen and oxygen atoms in total. The van der Waals surface area contributed by atoms with Crippen molar-refractivity contribution in [2.45, 2.75) is 44.8 Å². The molecule has 1 aromatic rings. The van der Waals surface area contributed by atoms with E-state index in [1.165, 1.54) is 0 Å². The average molecular weight is 294 g/mol. The van der Waals surface area contributed by atoms with E-state index in [4.69, 9.17) is 9.26 Å². The van der Waals surface area contributed by atoms with E-state index in [1.54, 1.807) is 0 Å². The predicted octanol–water partition coefficient (Wildman–Crippen LogP) is 0.845. The van der Waals surface area contributed by atoms with Crippen LogP contribution in [0.25, 0.3) is 0 Å². The summed E-state index contributed by atoms with van der Waals surface area (Å²) >= 11 is 0. The zero-order chi connectivity index (χ0) is 14.8. The number of hydrogen-bond acceptors (Lipinski definition) is 6. The summed E-state index contributed by atoms with van der Waals surface area (Å²) < 4.78 is 10.8. The van der Waals surface area contributed by atoms with Crippen LogP contribution in [-0.4, -0.2) is 53.3 Å². The molecule has 3 rings (SSSR count). The van der Waals surface area contributed by atoms with Gasteiger partial charge in [-0.15, -0.1) is 0 Å². The first-order chi connectivity index (χ1) is 10.2. The number of hydrogen-bond donors (Lipinski definition) is 1. The van der Waals surface area contributed by atoms with Gasteiger partial charge in [-0.3, -0.25) is 4.79 Å². The molecule has 116 valence electrons. The van der Waals surface area contributed by atoms with Gasteiger partial charge in [-0.25, -0.2) is 0 Å². The van der Waals surface area contributed by atoms with E-state index in [1.807, 2.05) is 18.7 Å². The third kappa shape index (κ3) is 2.94. The van der Waals surface area contributed by atoms with E-state index in [0.29, 0.717) is 24.9 Å². The lowest BCUT2D eigenvalue weighted by atomic mass is 10.2. The summed E-state index contributed by atoms with van der Waals surface area (Å²) in [6, 6.07) is -0.0840. The standard InChI is InChI=1S/C14H22N4O3/c1-9(2)13-16-12(17-21-13)10-4-3-6-18(10)14(19)11-8-15-5-7-20-11/h9-11,15H,3-8H2,1-2H3. The van der Waals surface area contributed by atoms with Crippen molar-refractivity contribution >= 4 is 5.91 Å². The number of nitrogens with zero attached hydrogens (tertiary/aromatic N) is 3. The van der Waals surface area contributed by atoms with Crippen LogP contribution in [0, 0.1) is 0 Å². The largest absolute Gasteiger partial charge is 0.366 e. The Morgan fingerprint density at radius 2 is 2.33 bits per heavy atom. The van der Waals surface area contributed by atoms with Crippen molar-refractivity contribution in [3.05, 3.63) is 11.7 Å². The first-order valence-corrected chi connectivity index (χ1v) is 7.63. The van der Waals surface area contributed by atoms with Crippen LogP contribution < -0.4 is 5.32 Å². The van der Waals surface area contributed by atoms with Gasteiger partial charge in [-0.05, 0) is 12.8 Å². The molecule has 0 bridgehead atoms. The highest BCUT2D eigenvalue weighted by Gasteiger charge is 2.37. The number of nitrogens with one attached hydrogen (secondary N) is 1. The van der Waals surface area contributed by atoms with E-state index in [0.717, 1.165) is 25.9 Å². The number of likely N-dealkylation sites (tertiary alicyclic amines) is 1. The maximum absolute atomic E-state index is 12.6. The molecule has 0 saturated carbocycles. The molecule has 1 amide bonds. The summed E-state index contributed by atoms with van der Waals surface area (Å²) in [5.74, 6) is 1.47. The molecule has 2 fully saturated rings. The molecule has 21 heavy (non-hydrogen) atoms. The van der Waals surface area contributed by atoms with E-state index in [9.17, 15) is 4.79 Å². The number of amides is 1. The predicted molar refractivity (Wildman–Crippen MR) is 74.7 cm³/mol. The highest BCUT2D eigenvalue weighted by atomic mass is 16.5. The van der Waals surface area contributed by atoms with E-state index in [2.05, 4.69) is 15.5 Å². The summed E-state index contributed by atoms with van der Waals surface area (Å²) in [6.45, 7) is 6.71. The van der Waals surface area contributed by atoms with Crippen LogP contribution in [0.1, 0.15) is 50.4 Å². The Labute approximate surface area is 124 Å². The second kappa shape index (κ2) is 6.11. The molecule has 2 atom stereocenters. The summed E-state index contributed by atoms with van der Waals surface area (Å²) in [5, 5.41) is 7.25. The number of ether oxygens (including phenoxy) is 1. The van der Waals surface area contributed by atoms with Crippen molar-refractivity contribution in [1.29, 1.82) is 0 Å². The summed E-state index contributed by atoms with van der Waals surface area (Å²) in [6.07, 6.45) is 1.45. The van der Waals surface area contributed by atoms with Crippen molar-refractivity contribution in [3.63, 3.8) is 0 Å². The SMILES string of the molecule is CC(C)c1nc(C2CCCN2C(=O)C2CNCCO2)no1. The van der Waals surface area contributed by atoms with Crippen molar-refractivity contribution < 1.29 is 14.1 Å². The van der Waals surface area contributed by atoms with Gasteiger partial charge >= 0.3 is 0 Å². The van der Waals surface area contributed by atoms with Crippen LogP contribution in [0.4, 0.5) is 0 Å². The van der Waals surface area contributed by atoms with Gasteiger partial charge in [0.25, 0.3) is 5.91 Å². The van der Waals surface area contributed by atoms with Crippen LogP contribution in [0.15, 0.2) is 4.52 Å². The second-order valence-corrected chi connectivity index (χ2v) is 5.90. The molecule has 2 aliphatic rings. The molecule has 2 unspecified atom stereocenters. The number of morpholine rings is 1. The van der Waals surface area contributed by atoms with Crippen molar-refractivity contribution in [2.75, 3.05) is 26.2 Å². The van der Waals surface area contributed by atoms with E-state index < -0.39 is 6.10 Å². The second-order valence-electron chi connectivity index (χ2n) is 5.90. The van der Waals surface area contributed by atoms with Gasteiger partial charge in [0.1, 0.15) is 6.10 Å². The first-order valence-electron chi connectivity index (χ1n) is 7.63. The zero-order valence-corrected chi connectivity index (χ0v) is 12.5. The Morgan fingerprint density at radius 1 is 1.48 bits per heavy atom. The minimum atomic E-state index is -0.393. The lowest BCUT2D eigenvalue weighted by molar-refractivity contribution is -0.146. The number of rotatable bonds is 3. The Bertz CT molecular complexity index is 496. The molecule has 7 heteroatoms. The molecule has 2 aliphatic heterocycles. The molecule has 0 aliphatic carbocycles. The zero-order valence-electron chi connectivity index (χ0n) is 12.5. The Balaban J connectivity index is 1.73. The minimum absolute atomic E-state index is 0.0283. The molecular formula is C14H22N4O3. The van der Waals surface area contributed by atoms with Gasteiger partial charge in [-0.2, -0.15) is 4.98 Å². The fourth-order valence-corrected chi connectivity index (χ4v) is 2.83. The quantitative estimate of drug-likeness (QED) is 0.890. The topological polar surface area (TPSA) is 80.5 Å². The van der Waals surface area contributed by atoms with Crippen LogP contribution >= 0.6 is 0 Å². The van der Waals surface area contributed by atoms with Gasteiger partial charge in [0, 0.05) is 25.6 Å². The van der Waals surface area contributed by atoms with Crippen LogP contribution in [0.3, 0.4) is 0 Å². The summed E-state index contributed by atoms with van der Waals surface area (Å²) in [5.41, 5.74) is 0. The molecular weight excluding hydrogens is 272 g/mol. The average Bonchev–Trinajstić information content (AvgIpc) is 3.16. The van der Waals surface area contributed by atoms with Crippen molar-refractivity contribution in [1.82, 2.24) is 20.4 Å². The number of carbonyl (C=O) groups is 1. The Morgan fingerprint density at radius 3 is 3.00 bits per heavy atom. The molecule has 0 spiro atoms. The maximum Gasteiger partial charge on any atom is 0.253 e. The lowest BCUT2D eigenvalue weighted by Gasteiger charge is -2.29. The van der Waals surface area contributed by atoms with Gasteiger partial charge in [0.2, 0.25) is 5.89 Å².